The second-order valence-electron chi connectivity index (χ2n) is 6.00. The second-order valence-corrected chi connectivity index (χ2v) is 6.86. The van der Waals surface area contributed by atoms with Crippen LogP contribution >= 0.6 is 15.9 Å². The van der Waals surface area contributed by atoms with Crippen LogP contribution in [0.4, 0.5) is 13.2 Å². The van der Waals surface area contributed by atoms with Crippen molar-refractivity contribution in [3.05, 3.63) is 69.2 Å². The van der Waals surface area contributed by atoms with Crippen LogP contribution in [-0.2, 0) is 16.0 Å². The summed E-state index contributed by atoms with van der Waals surface area (Å²) >= 11 is 3.45. The van der Waals surface area contributed by atoms with E-state index in [1.807, 2.05) is 30.3 Å². The third-order valence-corrected chi connectivity index (χ3v) is 4.80. The molecule has 1 heterocycles. The molecule has 1 aliphatic rings. The molecule has 7 heteroatoms. The third-order valence-electron chi connectivity index (χ3n) is 4.06. The molecule has 1 atom stereocenters. The number of carbonyl (C=O) groups excluding carboxylic acids is 1. The molecule has 1 unspecified atom stereocenters. The van der Waals surface area contributed by atoms with Gasteiger partial charge in [0.1, 0.15) is 5.75 Å². The number of alkyl halides is 3. The summed E-state index contributed by atoms with van der Waals surface area (Å²) < 4.78 is 51.0. The van der Waals surface area contributed by atoms with E-state index >= 15 is 0 Å². The first kappa shape index (κ1) is 19.5. The Morgan fingerprint density at radius 1 is 1.22 bits per heavy atom. The van der Waals surface area contributed by atoms with Crippen molar-refractivity contribution in [1.29, 1.82) is 0 Å². The molecule has 0 amide bonds. The number of rotatable bonds is 4. The van der Waals surface area contributed by atoms with Gasteiger partial charge in [0.15, 0.2) is 0 Å². The summed E-state index contributed by atoms with van der Waals surface area (Å²) in [5.41, 5.74) is 1.64. The van der Waals surface area contributed by atoms with Gasteiger partial charge in [0.2, 0.25) is 6.10 Å². The number of carbonyl (C=O) groups is 1. The van der Waals surface area contributed by atoms with Crippen molar-refractivity contribution in [3.8, 4) is 5.75 Å². The van der Waals surface area contributed by atoms with E-state index in [2.05, 4.69) is 15.9 Å². The van der Waals surface area contributed by atoms with Crippen LogP contribution in [-0.4, -0.2) is 24.9 Å². The Morgan fingerprint density at radius 3 is 2.56 bits per heavy atom. The fourth-order valence-corrected chi connectivity index (χ4v) is 3.34. The highest BCUT2D eigenvalue weighted by Crippen LogP contribution is 2.40. The van der Waals surface area contributed by atoms with Crippen LogP contribution in [0.15, 0.2) is 52.5 Å². The Labute approximate surface area is 162 Å². The zero-order valence-corrected chi connectivity index (χ0v) is 15.9. The average Bonchev–Trinajstić information content (AvgIpc) is 2.61. The number of esters is 1. The van der Waals surface area contributed by atoms with Gasteiger partial charge in [0.05, 0.1) is 12.2 Å². The van der Waals surface area contributed by atoms with Gasteiger partial charge < -0.3 is 9.47 Å². The van der Waals surface area contributed by atoms with Crippen molar-refractivity contribution < 1.29 is 27.4 Å². The molecule has 3 nitrogen and oxygen atoms in total. The third kappa shape index (κ3) is 4.35. The van der Waals surface area contributed by atoms with Gasteiger partial charge in [-0.1, -0.05) is 46.3 Å². The molecular formula is C20H16BrF3O3. The number of benzene rings is 2. The molecule has 0 saturated carbocycles. The topological polar surface area (TPSA) is 35.5 Å². The minimum atomic E-state index is -4.73. The zero-order chi connectivity index (χ0) is 19.6. The first-order valence-electron chi connectivity index (χ1n) is 8.28. The van der Waals surface area contributed by atoms with E-state index in [9.17, 15) is 18.0 Å². The lowest BCUT2D eigenvalue weighted by atomic mass is 9.98. The minimum absolute atomic E-state index is 0.0205. The lowest BCUT2D eigenvalue weighted by Gasteiger charge is -2.28. The quantitative estimate of drug-likeness (QED) is 0.604. The van der Waals surface area contributed by atoms with Crippen molar-refractivity contribution in [1.82, 2.24) is 0 Å². The van der Waals surface area contributed by atoms with Crippen LogP contribution in [0.1, 0.15) is 23.6 Å². The monoisotopic (exact) mass is 440 g/mol. The molecule has 0 fully saturated rings. The van der Waals surface area contributed by atoms with E-state index in [0.29, 0.717) is 12.0 Å². The summed E-state index contributed by atoms with van der Waals surface area (Å²) in [5.74, 6) is -0.950. The Balaban J connectivity index is 2.00. The summed E-state index contributed by atoms with van der Waals surface area (Å²) in [5, 5.41) is 0. The van der Waals surface area contributed by atoms with E-state index < -0.39 is 23.8 Å². The number of fused-ring (bicyclic) bond motifs is 1. The van der Waals surface area contributed by atoms with Crippen molar-refractivity contribution in [3.63, 3.8) is 0 Å². The molecule has 0 bridgehead atoms. The predicted octanol–water partition coefficient (Wildman–Crippen LogP) is 5.31. The van der Waals surface area contributed by atoms with Crippen molar-refractivity contribution in [2.24, 2.45) is 0 Å². The molecule has 2 aromatic rings. The summed E-state index contributed by atoms with van der Waals surface area (Å²) in [6, 6.07) is 12.8. The van der Waals surface area contributed by atoms with Gasteiger partial charge in [0, 0.05) is 10.0 Å². The highest BCUT2D eigenvalue weighted by atomic mass is 79.9. The summed E-state index contributed by atoms with van der Waals surface area (Å²) in [6.45, 7) is 1.51. The Hall–Kier alpha value is -2.28. The van der Waals surface area contributed by atoms with Gasteiger partial charge in [-0.05, 0) is 42.7 Å². The maximum Gasteiger partial charge on any atom is 0.430 e. The van der Waals surface area contributed by atoms with Crippen LogP contribution in [0.2, 0.25) is 0 Å². The molecule has 2 aromatic carbocycles. The Kier molecular flexibility index (Phi) is 5.60. The van der Waals surface area contributed by atoms with Gasteiger partial charge >= 0.3 is 12.1 Å². The highest BCUT2D eigenvalue weighted by Gasteiger charge is 2.48. The van der Waals surface area contributed by atoms with Crippen LogP contribution in [0.3, 0.4) is 0 Å². The summed E-state index contributed by atoms with van der Waals surface area (Å²) in [6.07, 6.45) is -5.37. The molecule has 0 aliphatic carbocycles. The van der Waals surface area contributed by atoms with Crippen LogP contribution < -0.4 is 4.74 Å². The van der Waals surface area contributed by atoms with Gasteiger partial charge in [-0.15, -0.1) is 0 Å². The molecule has 142 valence electrons. The number of hydrogen-bond acceptors (Lipinski definition) is 3. The molecule has 27 heavy (non-hydrogen) atoms. The standard InChI is InChI=1S/C20H16BrF3O3/c1-2-26-19(25)15-9-14-10-16(21)13(8-12-6-4-3-5-7-12)11-17(14)27-18(15)20(22,23)24/h3-7,9-11,18H,2,8H2,1H3. The van der Waals surface area contributed by atoms with E-state index in [-0.39, 0.29) is 12.4 Å². The first-order chi connectivity index (χ1) is 12.8. The SMILES string of the molecule is CCOC(=O)C1=Cc2cc(Br)c(Cc3ccccc3)cc2OC1C(F)(F)F. The molecule has 0 saturated heterocycles. The van der Waals surface area contributed by atoms with Gasteiger partial charge in [-0.25, -0.2) is 4.79 Å². The number of hydrogen-bond donors (Lipinski definition) is 0. The molecule has 0 N–H and O–H groups in total. The Bertz CT molecular complexity index is 876. The van der Waals surface area contributed by atoms with Crippen molar-refractivity contribution in [2.45, 2.75) is 25.6 Å². The van der Waals surface area contributed by atoms with Crippen LogP contribution in [0.25, 0.3) is 6.08 Å². The second kappa shape index (κ2) is 7.76. The largest absolute Gasteiger partial charge is 0.475 e. The smallest absolute Gasteiger partial charge is 0.430 e. The maximum atomic E-state index is 13.4. The van der Waals surface area contributed by atoms with Crippen LogP contribution in [0, 0.1) is 0 Å². The fraction of sp³-hybridized carbons (Fsp3) is 0.250. The molecule has 0 radical (unpaired) electrons. The van der Waals surface area contributed by atoms with Crippen molar-refractivity contribution in [2.75, 3.05) is 6.61 Å². The van der Waals surface area contributed by atoms with E-state index in [1.54, 1.807) is 12.1 Å². The van der Waals surface area contributed by atoms with E-state index in [4.69, 9.17) is 9.47 Å². The summed E-state index contributed by atoms with van der Waals surface area (Å²) in [7, 11) is 0. The number of halogens is 4. The normalized spacial score (nSPS) is 16.2. The van der Waals surface area contributed by atoms with Gasteiger partial charge in [0.25, 0.3) is 0 Å². The summed E-state index contributed by atoms with van der Waals surface area (Å²) in [4.78, 5) is 12.0. The molecular weight excluding hydrogens is 425 g/mol. The van der Waals surface area contributed by atoms with Gasteiger partial charge in [-0.2, -0.15) is 13.2 Å². The van der Waals surface area contributed by atoms with Gasteiger partial charge in [-0.3, -0.25) is 0 Å². The average molecular weight is 441 g/mol. The minimum Gasteiger partial charge on any atom is -0.475 e. The maximum absolute atomic E-state index is 13.4. The van der Waals surface area contributed by atoms with E-state index in [0.717, 1.165) is 15.6 Å². The molecule has 3 rings (SSSR count). The first-order valence-corrected chi connectivity index (χ1v) is 9.07. The number of ether oxygens (including phenoxy) is 2. The molecule has 0 aromatic heterocycles. The molecule has 0 spiro atoms. The fourth-order valence-electron chi connectivity index (χ4n) is 2.83. The van der Waals surface area contributed by atoms with E-state index in [1.165, 1.54) is 13.0 Å². The van der Waals surface area contributed by atoms with Crippen LogP contribution in [0.5, 0.6) is 5.75 Å². The van der Waals surface area contributed by atoms with Crippen molar-refractivity contribution >= 4 is 28.0 Å². The predicted molar refractivity (Wildman–Crippen MR) is 98.5 cm³/mol. The Morgan fingerprint density at radius 2 is 1.93 bits per heavy atom. The zero-order valence-electron chi connectivity index (χ0n) is 14.3. The lowest BCUT2D eigenvalue weighted by molar-refractivity contribution is -0.187. The lowest BCUT2D eigenvalue weighted by Crippen LogP contribution is -2.40. The highest BCUT2D eigenvalue weighted by molar-refractivity contribution is 9.10. The molecule has 1 aliphatic heterocycles.